The molecule has 0 fully saturated rings. The molecule has 14 heteroatoms. The highest BCUT2D eigenvalue weighted by Gasteiger charge is 2.36. The fraction of sp³-hybridized carbons (Fsp3) is 0.355. The van der Waals surface area contributed by atoms with Crippen LogP contribution in [0.2, 0.25) is 5.02 Å². The Morgan fingerprint density at radius 1 is 1.04 bits per heavy atom. The van der Waals surface area contributed by atoms with Crippen LogP contribution in [0.5, 0.6) is 11.5 Å². The van der Waals surface area contributed by atoms with Crippen LogP contribution < -0.4 is 19.1 Å². The Morgan fingerprint density at radius 2 is 1.76 bits per heavy atom. The number of nitrogens with zero attached hydrogens (tertiary/aromatic N) is 3. The van der Waals surface area contributed by atoms with E-state index in [0.717, 1.165) is 10.4 Å². The van der Waals surface area contributed by atoms with Gasteiger partial charge in [-0.25, -0.2) is 8.42 Å². The largest absolute Gasteiger partial charge is 0.497 e. The summed E-state index contributed by atoms with van der Waals surface area (Å²) in [4.78, 5) is 39.5. The number of hydrogen-bond acceptors (Lipinski definition) is 8. The summed E-state index contributed by atoms with van der Waals surface area (Å²) in [5, 5.41) is 14.7. The molecule has 1 N–H and O–H groups in total. The van der Waals surface area contributed by atoms with E-state index in [0.29, 0.717) is 11.3 Å². The van der Waals surface area contributed by atoms with Gasteiger partial charge >= 0.3 is 0 Å². The van der Waals surface area contributed by atoms with Crippen LogP contribution in [0.25, 0.3) is 0 Å². The average molecular weight is 661 g/mol. The summed E-state index contributed by atoms with van der Waals surface area (Å²) < 4.78 is 40.1. The highest BCUT2D eigenvalue weighted by molar-refractivity contribution is 7.92. The van der Waals surface area contributed by atoms with Gasteiger partial charge in [0.15, 0.2) is 0 Å². The van der Waals surface area contributed by atoms with Gasteiger partial charge in [-0.2, -0.15) is 0 Å². The predicted octanol–water partition coefficient (Wildman–Crippen LogP) is 5.10. The third-order valence-electron chi connectivity index (χ3n) is 6.96. The van der Waals surface area contributed by atoms with Crippen molar-refractivity contribution >= 4 is 44.8 Å². The van der Waals surface area contributed by atoms with Gasteiger partial charge in [-0.3, -0.25) is 24.0 Å². The molecule has 0 aliphatic rings. The summed E-state index contributed by atoms with van der Waals surface area (Å²) in [6.07, 6.45) is 0.228. The van der Waals surface area contributed by atoms with E-state index >= 15 is 0 Å². The molecule has 0 spiro atoms. The summed E-state index contributed by atoms with van der Waals surface area (Å²) in [7, 11) is -1.81. The summed E-state index contributed by atoms with van der Waals surface area (Å²) in [5.41, 5.74) is 0.426. The third-order valence-corrected chi connectivity index (χ3v) is 8.95. The number of nitro benzene ring substituents is 1. The fourth-order valence-electron chi connectivity index (χ4n) is 4.71. The molecule has 0 aliphatic carbocycles. The number of nitro groups is 1. The van der Waals surface area contributed by atoms with Crippen LogP contribution in [-0.4, -0.2) is 62.9 Å². The molecule has 2 amide bonds. The summed E-state index contributed by atoms with van der Waals surface area (Å²) in [6, 6.07) is 13.5. The molecule has 0 aromatic heterocycles. The number of anilines is 1. The maximum atomic E-state index is 14.3. The van der Waals surface area contributed by atoms with Crippen molar-refractivity contribution in [2.45, 2.75) is 57.6 Å². The van der Waals surface area contributed by atoms with E-state index in [1.807, 2.05) is 0 Å². The summed E-state index contributed by atoms with van der Waals surface area (Å²) in [5.74, 6) is -0.502. The lowest BCUT2D eigenvalue weighted by Gasteiger charge is -2.34. The Hall–Kier alpha value is -4.36. The van der Waals surface area contributed by atoms with Crippen LogP contribution in [0.4, 0.5) is 11.4 Å². The van der Waals surface area contributed by atoms with E-state index in [1.165, 1.54) is 56.4 Å². The lowest BCUT2D eigenvalue weighted by Crippen LogP contribution is -2.53. The fourth-order valence-corrected chi connectivity index (χ4v) is 6.32. The van der Waals surface area contributed by atoms with Crippen LogP contribution in [0.3, 0.4) is 0 Å². The minimum Gasteiger partial charge on any atom is -0.497 e. The molecule has 1 unspecified atom stereocenters. The second kappa shape index (κ2) is 15.1. The molecular formula is C31H37ClN4O8S. The second-order valence-electron chi connectivity index (χ2n) is 10.5. The molecular weight excluding hydrogens is 624 g/mol. The number of carbonyl (C=O) groups excluding carboxylic acids is 2. The molecule has 0 bridgehead atoms. The van der Waals surface area contributed by atoms with Gasteiger partial charge in [0, 0.05) is 29.2 Å². The smallest absolute Gasteiger partial charge is 0.273 e. The lowest BCUT2D eigenvalue weighted by atomic mass is 10.1. The topological polar surface area (TPSA) is 148 Å². The van der Waals surface area contributed by atoms with Crippen molar-refractivity contribution in [1.82, 2.24) is 10.2 Å². The number of ether oxygens (including phenoxy) is 2. The second-order valence-corrected chi connectivity index (χ2v) is 12.8. The van der Waals surface area contributed by atoms with Crippen LogP contribution >= 0.6 is 11.6 Å². The molecule has 1 atom stereocenters. The number of hydrogen-bond donors (Lipinski definition) is 1. The van der Waals surface area contributed by atoms with Gasteiger partial charge in [0.25, 0.3) is 15.7 Å². The van der Waals surface area contributed by atoms with Crippen LogP contribution in [0.1, 0.15) is 38.3 Å². The average Bonchev–Trinajstić information content (AvgIpc) is 2.99. The number of methoxy groups -OCH3 is 2. The van der Waals surface area contributed by atoms with E-state index in [4.69, 9.17) is 21.1 Å². The Morgan fingerprint density at radius 3 is 2.36 bits per heavy atom. The number of rotatable bonds is 14. The molecule has 0 aliphatic heterocycles. The minimum atomic E-state index is -4.64. The standard InChI is InChI=1S/C31H37ClN4O8S/c1-7-26(31(38)33-20(2)3)34(18-22-9-8-10-24(15-22)43-5)30(37)19-35(28-16-23(32)12-14-29(28)44-6)45(41,42)25-13-11-21(4)27(17-25)36(39)40/h8-17,20,26H,7,18-19H2,1-6H3,(H,33,38). The maximum absolute atomic E-state index is 14.3. The molecule has 12 nitrogen and oxygen atoms in total. The number of aryl methyl sites for hydroxylation is 1. The molecule has 0 saturated heterocycles. The SMILES string of the molecule is CCC(C(=O)NC(C)C)N(Cc1cccc(OC)c1)C(=O)CN(c1cc(Cl)ccc1OC)S(=O)(=O)c1ccc(C)c([N+](=O)[O-])c1. The van der Waals surface area contributed by atoms with E-state index in [-0.39, 0.29) is 41.0 Å². The van der Waals surface area contributed by atoms with Crippen LogP contribution in [0, 0.1) is 17.0 Å². The van der Waals surface area contributed by atoms with Crippen molar-refractivity contribution in [3.05, 3.63) is 86.9 Å². The Labute approximate surface area is 268 Å². The molecule has 0 saturated carbocycles. The Balaban J connectivity index is 2.20. The zero-order valence-corrected chi connectivity index (χ0v) is 27.5. The Kier molecular flexibility index (Phi) is 11.8. The number of benzene rings is 3. The third kappa shape index (κ3) is 8.43. The molecule has 3 rings (SSSR count). The van der Waals surface area contributed by atoms with Gasteiger partial charge in [0.05, 0.1) is 29.7 Å². The number of amides is 2. The van der Waals surface area contributed by atoms with E-state index in [9.17, 15) is 28.1 Å². The van der Waals surface area contributed by atoms with Gasteiger partial charge in [0.2, 0.25) is 11.8 Å². The number of carbonyl (C=O) groups is 2. The van der Waals surface area contributed by atoms with Gasteiger partial charge in [0.1, 0.15) is 24.1 Å². The maximum Gasteiger partial charge on any atom is 0.273 e. The molecule has 3 aromatic rings. The van der Waals surface area contributed by atoms with Crippen molar-refractivity contribution in [3.63, 3.8) is 0 Å². The Bertz CT molecular complexity index is 1660. The first-order valence-electron chi connectivity index (χ1n) is 14.1. The number of halogens is 1. The van der Waals surface area contributed by atoms with Crippen molar-refractivity contribution in [3.8, 4) is 11.5 Å². The van der Waals surface area contributed by atoms with Crippen molar-refractivity contribution in [2.24, 2.45) is 0 Å². The zero-order chi connectivity index (χ0) is 33.5. The van der Waals surface area contributed by atoms with Crippen molar-refractivity contribution in [2.75, 3.05) is 25.1 Å². The number of nitrogens with one attached hydrogen (secondary N) is 1. The van der Waals surface area contributed by atoms with E-state index in [1.54, 1.807) is 45.0 Å². The highest BCUT2D eigenvalue weighted by Crippen LogP contribution is 2.36. The normalized spacial score (nSPS) is 11.9. The van der Waals surface area contributed by atoms with Crippen LogP contribution in [-0.2, 0) is 26.2 Å². The molecule has 3 aromatic carbocycles. The predicted molar refractivity (Wildman–Crippen MR) is 171 cm³/mol. The highest BCUT2D eigenvalue weighted by atomic mass is 35.5. The van der Waals surface area contributed by atoms with Gasteiger partial charge in [-0.05, 0) is 69.2 Å². The molecule has 45 heavy (non-hydrogen) atoms. The minimum absolute atomic E-state index is 0.0450. The summed E-state index contributed by atoms with van der Waals surface area (Å²) >= 11 is 6.27. The monoisotopic (exact) mass is 660 g/mol. The van der Waals surface area contributed by atoms with E-state index < -0.39 is 49.9 Å². The van der Waals surface area contributed by atoms with Gasteiger partial charge < -0.3 is 19.7 Å². The van der Waals surface area contributed by atoms with Crippen molar-refractivity contribution < 1.29 is 32.4 Å². The van der Waals surface area contributed by atoms with E-state index in [2.05, 4.69) is 5.32 Å². The molecule has 242 valence electrons. The van der Waals surface area contributed by atoms with Gasteiger partial charge in [-0.1, -0.05) is 36.7 Å². The van der Waals surface area contributed by atoms with Gasteiger partial charge in [-0.15, -0.1) is 0 Å². The summed E-state index contributed by atoms with van der Waals surface area (Å²) in [6.45, 7) is 5.99. The molecule has 0 radical (unpaired) electrons. The van der Waals surface area contributed by atoms with Crippen LogP contribution in [0.15, 0.2) is 65.6 Å². The number of sulfonamides is 1. The first kappa shape index (κ1) is 35.1. The van der Waals surface area contributed by atoms with Crippen molar-refractivity contribution in [1.29, 1.82) is 0 Å². The lowest BCUT2D eigenvalue weighted by molar-refractivity contribution is -0.385. The first-order chi connectivity index (χ1) is 21.2. The first-order valence-corrected chi connectivity index (χ1v) is 15.9. The zero-order valence-electron chi connectivity index (χ0n) is 25.9. The quantitative estimate of drug-likeness (QED) is 0.185. The molecule has 0 heterocycles.